The lowest BCUT2D eigenvalue weighted by Crippen LogP contribution is -2.39. The maximum atomic E-state index is 12.7. The van der Waals surface area contributed by atoms with Gasteiger partial charge in [0.2, 0.25) is 11.8 Å². The molecule has 1 aromatic rings. The van der Waals surface area contributed by atoms with E-state index >= 15 is 0 Å². The lowest BCUT2D eigenvalue weighted by Gasteiger charge is -2.24. The molecule has 6 nitrogen and oxygen atoms in total. The van der Waals surface area contributed by atoms with E-state index in [9.17, 15) is 9.59 Å². The van der Waals surface area contributed by atoms with E-state index in [1.807, 2.05) is 17.7 Å². The molecule has 0 aliphatic carbocycles. The van der Waals surface area contributed by atoms with E-state index in [2.05, 4.69) is 53.8 Å². The summed E-state index contributed by atoms with van der Waals surface area (Å²) in [6.45, 7) is 17.2. The van der Waals surface area contributed by atoms with Crippen molar-refractivity contribution >= 4 is 17.6 Å². The molecular formula is C21H38N4O2. The van der Waals surface area contributed by atoms with Gasteiger partial charge in [-0.25, -0.2) is 4.68 Å². The zero-order chi connectivity index (χ0) is 20.8. The molecule has 0 fully saturated rings. The quantitative estimate of drug-likeness (QED) is 0.733. The molecule has 2 amide bonds. The second-order valence-electron chi connectivity index (χ2n) is 9.21. The van der Waals surface area contributed by atoms with Crippen LogP contribution in [0.25, 0.3) is 0 Å². The summed E-state index contributed by atoms with van der Waals surface area (Å²) < 4.78 is 1.86. The van der Waals surface area contributed by atoms with Gasteiger partial charge in [-0.2, -0.15) is 5.10 Å². The van der Waals surface area contributed by atoms with Gasteiger partial charge >= 0.3 is 0 Å². The Morgan fingerprint density at radius 2 is 1.74 bits per heavy atom. The van der Waals surface area contributed by atoms with E-state index in [1.54, 1.807) is 4.90 Å². The molecule has 0 spiro atoms. The highest BCUT2D eigenvalue weighted by Crippen LogP contribution is 2.28. The Morgan fingerprint density at radius 1 is 1.11 bits per heavy atom. The molecule has 1 rings (SSSR count). The Morgan fingerprint density at radius 3 is 2.22 bits per heavy atom. The van der Waals surface area contributed by atoms with Gasteiger partial charge in [-0.05, 0) is 33.6 Å². The number of nitrogens with one attached hydrogen (secondary N) is 1. The number of anilines is 1. The normalized spacial score (nSPS) is 12.1. The molecule has 0 aromatic carbocycles. The average molecular weight is 379 g/mol. The third-order valence-electron chi connectivity index (χ3n) is 4.31. The summed E-state index contributed by atoms with van der Waals surface area (Å²) in [7, 11) is 0. The van der Waals surface area contributed by atoms with Crippen LogP contribution >= 0.6 is 0 Å². The predicted octanol–water partition coefficient (Wildman–Crippen LogP) is 4.30. The van der Waals surface area contributed by atoms with Gasteiger partial charge in [-0.1, -0.05) is 41.0 Å². The Labute approximate surface area is 164 Å². The van der Waals surface area contributed by atoms with Gasteiger partial charge in [0, 0.05) is 24.4 Å². The summed E-state index contributed by atoms with van der Waals surface area (Å²) in [6, 6.07) is 1.94. The van der Waals surface area contributed by atoms with Gasteiger partial charge < -0.3 is 10.2 Å². The van der Waals surface area contributed by atoms with Crippen LogP contribution in [0.15, 0.2) is 6.07 Å². The largest absolute Gasteiger partial charge is 0.333 e. The van der Waals surface area contributed by atoms with Gasteiger partial charge in [0.1, 0.15) is 5.82 Å². The monoisotopic (exact) mass is 378 g/mol. The molecule has 0 saturated heterocycles. The predicted molar refractivity (Wildman–Crippen MR) is 111 cm³/mol. The number of hydrogen-bond acceptors (Lipinski definition) is 3. The SMILES string of the molecule is CCCCC(=O)N(CCC)CC(=O)Nc1cc(C(C)(C)C)nn1C(C)(C)C. The highest BCUT2D eigenvalue weighted by atomic mass is 16.2. The lowest BCUT2D eigenvalue weighted by molar-refractivity contribution is -0.134. The maximum absolute atomic E-state index is 12.7. The number of aromatic nitrogens is 2. The van der Waals surface area contributed by atoms with Crippen LogP contribution in [-0.4, -0.2) is 39.6 Å². The van der Waals surface area contributed by atoms with E-state index in [1.165, 1.54) is 0 Å². The first-order valence-electron chi connectivity index (χ1n) is 10.1. The topological polar surface area (TPSA) is 67.2 Å². The Bertz CT molecular complexity index is 636. The highest BCUT2D eigenvalue weighted by molar-refractivity contribution is 5.94. The Balaban J connectivity index is 2.97. The van der Waals surface area contributed by atoms with Crippen LogP contribution in [-0.2, 0) is 20.5 Å². The van der Waals surface area contributed by atoms with E-state index in [-0.39, 0.29) is 29.3 Å². The molecule has 0 aliphatic rings. The van der Waals surface area contributed by atoms with Crippen LogP contribution in [0.4, 0.5) is 5.82 Å². The molecule has 0 saturated carbocycles. The van der Waals surface area contributed by atoms with Gasteiger partial charge in [-0.15, -0.1) is 0 Å². The molecule has 0 aliphatic heterocycles. The Hall–Kier alpha value is -1.85. The molecular weight excluding hydrogens is 340 g/mol. The summed E-state index contributed by atoms with van der Waals surface area (Å²) in [5.41, 5.74) is 0.559. The van der Waals surface area contributed by atoms with E-state index in [0.717, 1.165) is 25.0 Å². The summed E-state index contributed by atoms with van der Waals surface area (Å²) in [5.74, 6) is 0.544. The van der Waals surface area contributed by atoms with Crippen LogP contribution in [0.5, 0.6) is 0 Å². The summed E-state index contributed by atoms with van der Waals surface area (Å²) in [5, 5.41) is 7.70. The fourth-order valence-electron chi connectivity index (χ4n) is 2.75. The number of rotatable bonds is 8. The van der Waals surface area contributed by atoms with Crippen molar-refractivity contribution in [2.75, 3.05) is 18.4 Å². The minimum Gasteiger partial charge on any atom is -0.333 e. The van der Waals surface area contributed by atoms with Gasteiger partial charge in [0.25, 0.3) is 0 Å². The molecule has 1 N–H and O–H groups in total. The number of hydrogen-bond donors (Lipinski definition) is 1. The molecule has 0 atom stereocenters. The number of carbonyl (C=O) groups is 2. The van der Waals surface area contributed by atoms with Gasteiger partial charge in [0.15, 0.2) is 0 Å². The van der Waals surface area contributed by atoms with E-state index < -0.39 is 0 Å². The smallest absolute Gasteiger partial charge is 0.245 e. The summed E-state index contributed by atoms with van der Waals surface area (Å²) >= 11 is 0. The molecule has 6 heteroatoms. The second-order valence-corrected chi connectivity index (χ2v) is 9.21. The summed E-state index contributed by atoms with van der Waals surface area (Å²) in [4.78, 5) is 26.7. The highest BCUT2D eigenvalue weighted by Gasteiger charge is 2.26. The zero-order valence-electron chi connectivity index (χ0n) is 18.5. The number of carbonyl (C=O) groups excluding carboxylic acids is 2. The van der Waals surface area contributed by atoms with Crippen LogP contribution in [0, 0.1) is 0 Å². The first kappa shape index (κ1) is 23.2. The van der Waals surface area contributed by atoms with Gasteiger partial charge in [-0.3, -0.25) is 9.59 Å². The van der Waals surface area contributed by atoms with Crippen molar-refractivity contribution in [3.05, 3.63) is 11.8 Å². The molecule has 27 heavy (non-hydrogen) atoms. The van der Waals surface area contributed by atoms with Crippen molar-refractivity contribution < 1.29 is 9.59 Å². The number of unbranched alkanes of at least 4 members (excludes halogenated alkanes) is 1. The third-order valence-corrected chi connectivity index (χ3v) is 4.31. The van der Waals surface area contributed by atoms with Crippen molar-refractivity contribution in [3.8, 4) is 0 Å². The number of amides is 2. The van der Waals surface area contributed by atoms with Crippen LogP contribution in [0.1, 0.15) is 86.8 Å². The fourth-order valence-corrected chi connectivity index (χ4v) is 2.75. The molecule has 1 aromatic heterocycles. The van der Waals surface area contributed by atoms with Crippen molar-refractivity contribution in [2.45, 2.75) is 92.0 Å². The molecule has 154 valence electrons. The first-order valence-corrected chi connectivity index (χ1v) is 10.1. The molecule has 0 radical (unpaired) electrons. The first-order chi connectivity index (χ1) is 12.4. The maximum Gasteiger partial charge on any atom is 0.245 e. The number of nitrogens with zero attached hydrogens (tertiary/aromatic N) is 3. The molecule has 1 heterocycles. The molecule has 0 bridgehead atoms. The van der Waals surface area contributed by atoms with E-state index in [0.29, 0.717) is 18.8 Å². The van der Waals surface area contributed by atoms with Crippen molar-refractivity contribution in [3.63, 3.8) is 0 Å². The summed E-state index contributed by atoms with van der Waals surface area (Å²) in [6.07, 6.45) is 3.15. The van der Waals surface area contributed by atoms with Crippen LogP contribution in [0.2, 0.25) is 0 Å². The fraction of sp³-hybridized carbons (Fsp3) is 0.762. The van der Waals surface area contributed by atoms with Crippen LogP contribution < -0.4 is 5.32 Å². The van der Waals surface area contributed by atoms with Gasteiger partial charge in [0.05, 0.1) is 17.8 Å². The Kier molecular flexibility index (Phi) is 8.05. The molecule has 0 unspecified atom stereocenters. The zero-order valence-corrected chi connectivity index (χ0v) is 18.5. The minimum absolute atomic E-state index is 0.0496. The van der Waals surface area contributed by atoms with Crippen molar-refractivity contribution in [1.82, 2.24) is 14.7 Å². The third kappa shape index (κ3) is 7.00. The van der Waals surface area contributed by atoms with Crippen molar-refractivity contribution in [2.24, 2.45) is 0 Å². The minimum atomic E-state index is -0.258. The van der Waals surface area contributed by atoms with E-state index in [4.69, 9.17) is 5.10 Å². The average Bonchev–Trinajstić information content (AvgIpc) is 2.96. The van der Waals surface area contributed by atoms with Crippen LogP contribution in [0.3, 0.4) is 0 Å². The van der Waals surface area contributed by atoms with Crippen molar-refractivity contribution in [1.29, 1.82) is 0 Å². The second kappa shape index (κ2) is 9.38. The lowest BCUT2D eigenvalue weighted by atomic mass is 9.92. The standard InChI is InChI=1S/C21H38N4O2/c1-9-11-12-19(27)24(13-10-2)15-18(26)22-17-14-16(20(3,4)5)23-25(17)21(6,7)8/h14H,9-13,15H2,1-8H3,(H,22,26).